The summed E-state index contributed by atoms with van der Waals surface area (Å²) in [6.45, 7) is 4.72. The molecular formula is C15H22. The Hall–Kier alpha value is -0.780. The zero-order valence-electron chi connectivity index (χ0n) is 10.1. The van der Waals surface area contributed by atoms with Gasteiger partial charge in [0.25, 0.3) is 0 Å². The molecule has 0 aliphatic heterocycles. The lowest BCUT2D eigenvalue weighted by Gasteiger charge is -2.24. The Morgan fingerprint density at radius 3 is 2.27 bits per heavy atom. The van der Waals surface area contributed by atoms with E-state index in [9.17, 15) is 0 Å². The summed E-state index contributed by atoms with van der Waals surface area (Å²) in [5.74, 6) is 0. The Kier molecular flexibility index (Phi) is 3.14. The van der Waals surface area contributed by atoms with Gasteiger partial charge in [-0.15, -0.1) is 0 Å². The van der Waals surface area contributed by atoms with Gasteiger partial charge in [0.2, 0.25) is 0 Å². The highest BCUT2D eigenvalue weighted by Gasteiger charge is 2.29. The minimum absolute atomic E-state index is 0.589. The number of rotatable bonds is 3. The average molecular weight is 202 g/mol. The van der Waals surface area contributed by atoms with Gasteiger partial charge >= 0.3 is 0 Å². The van der Waals surface area contributed by atoms with E-state index >= 15 is 0 Å². The summed E-state index contributed by atoms with van der Waals surface area (Å²) in [7, 11) is 0. The molecule has 0 amide bonds. The van der Waals surface area contributed by atoms with Crippen molar-refractivity contribution < 1.29 is 0 Å². The Bertz CT molecular complexity index is 319. The van der Waals surface area contributed by atoms with E-state index in [1.807, 2.05) is 0 Å². The van der Waals surface area contributed by atoms with E-state index in [2.05, 4.69) is 38.1 Å². The van der Waals surface area contributed by atoms with Crippen LogP contribution in [0.1, 0.15) is 50.7 Å². The van der Waals surface area contributed by atoms with Gasteiger partial charge in [-0.25, -0.2) is 0 Å². The van der Waals surface area contributed by atoms with E-state index in [1.165, 1.54) is 38.5 Å². The van der Waals surface area contributed by atoms with Gasteiger partial charge in [0.05, 0.1) is 0 Å². The maximum Gasteiger partial charge on any atom is -0.0222 e. The summed E-state index contributed by atoms with van der Waals surface area (Å²) in [5.41, 5.74) is 3.72. The molecule has 0 saturated heterocycles. The molecule has 0 heteroatoms. The van der Waals surface area contributed by atoms with E-state index < -0.39 is 0 Å². The molecule has 0 nitrogen and oxygen atoms in total. The second kappa shape index (κ2) is 4.38. The van der Waals surface area contributed by atoms with E-state index in [4.69, 9.17) is 0 Å². The number of benzene rings is 1. The molecule has 0 atom stereocenters. The summed E-state index contributed by atoms with van der Waals surface area (Å²) in [6.07, 6.45) is 8.18. The molecule has 1 saturated carbocycles. The highest BCUT2D eigenvalue weighted by Crippen LogP contribution is 2.40. The first kappa shape index (κ1) is 10.7. The van der Waals surface area contributed by atoms with Gasteiger partial charge in [-0.2, -0.15) is 0 Å². The van der Waals surface area contributed by atoms with Crippen LogP contribution in [0.2, 0.25) is 0 Å². The first-order valence-corrected chi connectivity index (χ1v) is 6.30. The predicted octanol–water partition coefficient (Wildman–Crippen LogP) is 4.37. The van der Waals surface area contributed by atoms with Crippen LogP contribution in [0, 0.1) is 5.41 Å². The third-order valence-electron chi connectivity index (χ3n) is 3.93. The normalized spacial score (nSPS) is 19.3. The molecule has 0 aromatic heterocycles. The molecule has 0 bridgehead atoms. The zero-order valence-corrected chi connectivity index (χ0v) is 10.1. The minimum atomic E-state index is 0.589. The average Bonchev–Trinajstić information content (AvgIpc) is 2.66. The molecule has 1 aliphatic carbocycles. The molecule has 15 heavy (non-hydrogen) atoms. The fourth-order valence-corrected chi connectivity index (χ4v) is 2.94. The number of aryl methyl sites for hydroxylation is 1. The van der Waals surface area contributed by atoms with Crippen molar-refractivity contribution in [3.63, 3.8) is 0 Å². The third kappa shape index (κ3) is 2.42. The van der Waals surface area contributed by atoms with Gasteiger partial charge in [-0.3, -0.25) is 0 Å². The van der Waals surface area contributed by atoms with Crippen LogP contribution >= 0.6 is 0 Å². The molecule has 0 unspecified atom stereocenters. The molecule has 82 valence electrons. The van der Waals surface area contributed by atoms with Gasteiger partial charge in [0, 0.05) is 0 Å². The smallest absolute Gasteiger partial charge is 0.0222 e. The van der Waals surface area contributed by atoms with Crippen molar-refractivity contribution in [1.82, 2.24) is 0 Å². The van der Waals surface area contributed by atoms with Crippen LogP contribution in [0.25, 0.3) is 0 Å². The highest BCUT2D eigenvalue weighted by molar-refractivity contribution is 5.28. The molecular weight excluding hydrogens is 180 g/mol. The SMILES string of the molecule is CCc1ccccc1CC1(C)CCCC1. The van der Waals surface area contributed by atoms with Crippen molar-refractivity contribution >= 4 is 0 Å². The van der Waals surface area contributed by atoms with Crippen molar-refractivity contribution in [3.05, 3.63) is 35.4 Å². The van der Waals surface area contributed by atoms with E-state index in [1.54, 1.807) is 11.1 Å². The largest absolute Gasteiger partial charge is 0.0620 e. The van der Waals surface area contributed by atoms with Gasteiger partial charge in [0.15, 0.2) is 0 Å². The predicted molar refractivity (Wildman–Crippen MR) is 66.1 cm³/mol. The lowest BCUT2D eigenvalue weighted by atomic mass is 9.81. The Morgan fingerprint density at radius 2 is 1.67 bits per heavy atom. The van der Waals surface area contributed by atoms with Crippen molar-refractivity contribution in [2.75, 3.05) is 0 Å². The minimum Gasteiger partial charge on any atom is -0.0620 e. The zero-order chi connectivity index (χ0) is 10.7. The van der Waals surface area contributed by atoms with Gasteiger partial charge in [-0.05, 0) is 42.2 Å². The summed E-state index contributed by atoms with van der Waals surface area (Å²) >= 11 is 0. The summed E-state index contributed by atoms with van der Waals surface area (Å²) < 4.78 is 0. The lowest BCUT2D eigenvalue weighted by Crippen LogP contribution is -2.15. The maximum absolute atomic E-state index is 2.46. The van der Waals surface area contributed by atoms with Crippen LogP contribution in [-0.4, -0.2) is 0 Å². The van der Waals surface area contributed by atoms with E-state index in [-0.39, 0.29) is 0 Å². The fraction of sp³-hybridized carbons (Fsp3) is 0.600. The Morgan fingerprint density at radius 1 is 1.07 bits per heavy atom. The van der Waals surface area contributed by atoms with Crippen LogP contribution in [0.5, 0.6) is 0 Å². The van der Waals surface area contributed by atoms with Crippen LogP contribution in [0.15, 0.2) is 24.3 Å². The summed E-state index contributed by atoms with van der Waals surface area (Å²) in [4.78, 5) is 0. The number of hydrogen-bond acceptors (Lipinski definition) is 0. The van der Waals surface area contributed by atoms with Crippen LogP contribution < -0.4 is 0 Å². The molecule has 1 aliphatic rings. The van der Waals surface area contributed by atoms with Gasteiger partial charge in [0.1, 0.15) is 0 Å². The molecule has 1 aromatic carbocycles. The molecule has 1 fully saturated rings. The standard InChI is InChI=1S/C15H22/c1-3-13-8-4-5-9-14(13)12-15(2)10-6-7-11-15/h4-5,8-9H,3,6-7,10-12H2,1-2H3. The van der Waals surface area contributed by atoms with Gasteiger partial charge in [-0.1, -0.05) is 51.0 Å². The topological polar surface area (TPSA) is 0 Å². The molecule has 0 heterocycles. The van der Waals surface area contributed by atoms with Crippen molar-refractivity contribution in [3.8, 4) is 0 Å². The first-order valence-electron chi connectivity index (χ1n) is 6.30. The van der Waals surface area contributed by atoms with Crippen molar-refractivity contribution in [2.24, 2.45) is 5.41 Å². The second-order valence-electron chi connectivity index (χ2n) is 5.32. The van der Waals surface area contributed by atoms with Crippen LogP contribution in [0.3, 0.4) is 0 Å². The maximum atomic E-state index is 2.46. The van der Waals surface area contributed by atoms with Gasteiger partial charge < -0.3 is 0 Å². The third-order valence-corrected chi connectivity index (χ3v) is 3.93. The van der Waals surface area contributed by atoms with Crippen molar-refractivity contribution in [1.29, 1.82) is 0 Å². The molecule has 2 rings (SSSR count). The van der Waals surface area contributed by atoms with Crippen LogP contribution in [-0.2, 0) is 12.8 Å². The fourth-order valence-electron chi connectivity index (χ4n) is 2.94. The molecule has 0 spiro atoms. The number of hydrogen-bond donors (Lipinski definition) is 0. The van der Waals surface area contributed by atoms with E-state index in [0.717, 1.165) is 0 Å². The van der Waals surface area contributed by atoms with E-state index in [0.29, 0.717) is 5.41 Å². The van der Waals surface area contributed by atoms with Crippen molar-refractivity contribution in [2.45, 2.75) is 52.4 Å². The molecule has 0 radical (unpaired) electrons. The monoisotopic (exact) mass is 202 g/mol. The highest BCUT2D eigenvalue weighted by atomic mass is 14.3. The molecule has 1 aromatic rings. The Labute approximate surface area is 93.7 Å². The first-order chi connectivity index (χ1) is 7.23. The lowest BCUT2D eigenvalue weighted by molar-refractivity contribution is 0.333. The second-order valence-corrected chi connectivity index (χ2v) is 5.32. The van der Waals surface area contributed by atoms with Crippen LogP contribution in [0.4, 0.5) is 0 Å². The Balaban J connectivity index is 2.16. The summed E-state index contributed by atoms with van der Waals surface area (Å²) in [6, 6.07) is 8.96. The quantitative estimate of drug-likeness (QED) is 0.682. The molecule has 0 N–H and O–H groups in total. The summed E-state index contributed by atoms with van der Waals surface area (Å²) in [5, 5.41) is 0.